The van der Waals surface area contributed by atoms with E-state index in [-0.39, 0.29) is 18.9 Å². The van der Waals surface area contributed by atoms with Gasteiger partial charge in [-0.1, -0.05) is 301 Å². The molecule has 0 spiro atoms. The number of ether oxygens (including phenoxy) is 6. The fraction of sp³-hybridized carbons (Fsp3) is 0.911. The molecule has 3 saturated heterocycles. The van der Waals surface area contributed by atoms with Crippen LogP contribution >= 0.6 is 0 Å². The van der Waals surface area contributed by atoms with Crippen molar-refractivity contribution in [3.8, 4) is 0 Å². The van der Waals surface area contributed by atoms with Gasteiger partial charge in [-0.3, -0.25) is 4.79 Å². The second kappa shape index (κ2) is 60.3. The summed E-state index contributed by atoms with van der Waals surface area (Å²) in [5, 5.41) is 121. The first-order valence-electron chi connectivity index (χ1n) is 40.2. The van der Waals surface area contributed by atoms with Crippen LogP contribution in [0, 0.1) is 0 Å². The minimum Gasteiger partial charge on any atom is -0.394 e. The van der Waals surface area contributed by atoms with Crippen molar-refractivity contribution in [2.75, 3.05) is 26.4 Å². The molecule has 0 aliphatic carbocycles. The van der Waals surface area contributed by atoms with Crippen LogP contribution in [-0.2, 0) is 33.2 Å². The van der Waals surface area contributed by atoms with Gasteiger partial charge in [-0.15, -0.1) is 0 Å². The van der Waals surface area contributed by atoms with Crippen LogP contribution in [0.3, 0.4) is 0 Å². The average Bonchev–Trinajstić information content (AvgIpc) is 0.785. The van der Waals surface area contributed by atoms with Crippen LogP contribution in [0.15, 0.2) is 36.5 Å². The molecule has 0 bridgehead atoms. The fourth-order valence-electron chi connectivity index (χ4n) is 13.7. The Morgan fingerprint density at radius 2 is 0.653 bits per heavy atom. The van der Waals surface area contributed by atoms with Gasteiger partial charge in [0, 0.05) is 6.42 Å². The van der Waals surface area contributed by atoms with Crippen molar-refractivity contribution in [2.45, 2.75) is 433 Å². The summed E-state index contributed by atoms with van der Waals surface area (Å²) in [7, 11) is 0. The number of aliphatic hydroxyl groups is 11. The Balaban J connectivity index is 1.34. The van der Waals surface area contributed by atoms with E-state index < -0.39 is 124 Å². The maximum atomic E-state index is 13.5. The highest BCUT2D eigenvalue weighted by Gasteiger charge is 2.54. The van der Waals surface area contributed by atoms with E-state index in [1.807, 2.05) is 6.08 Å². The molecule has 0 saturated carbocycles. The maximum absolute atomic E-state index is 13.5. The van der Waals surface area contributed by atoms with E-state index in [2.05, 4.69) is 43.5 Å². The van der Waals surface area contributed by atoms with Crippen molar-refractivity contribution in [3.63, 3.8) is 0 Å². The summed E-state index contributed by atoms with van der Waals surface area (Å²) in [4.78, 5) is 13.5. The van der Waals surface area contributed by atoms with E-state index in [9.17, 15) is 61.0 Å². The lowest BCUT2D eigenvalue weighted by Gasteiger charge is -2.48. The van der Waals surface area contributed by atoms with Gasteiger partial charge in [-0.2, -0.15) is 0 Å². The predicted octanol–water partition coefficient (Wildman–Crippen LogP) is 13.1. The predicted molar refractivity (Wildman–Crippen MR) is 388 cm³/mol. The van der Waals surface area contributed by atoms with E-state index >= 15 is 0 Å². The van der Waals surface area contributed by atoms with Crippen LogP contribution in [-0.4, -0.2) is 193 Å². The maximum Gasteiger partial charge on any atom is 0.220 e. The molecule has 576 valence electrons. The molecule has 3 aliphatic rings. The van der Waals surface area contributed by atoms with Gasteiger partial charge >= 0.3 is 0 Å². The first-order chi connectivity index (χ1) is 47.8. The summed E-state index contributed by atoms with van der Waals surface area (Å²) < 4.78 is 34.4. The lowest BCUT2D eigenvalue weighted by Crippen LogP contribution is -2.66. The van der Waals surface area contributed by atoms with E-state index in [1.165, 1.54) is 257 Å². The molecule has 17 unspecified atom stereocenters. The van der Waals surface area contributed by atoms with Crippen molar-refractivity contribution < 1.29 is 89.4 Å². The number of unbranched alkanes of at least 4 members (excludes halogenated alkanes) is 44. The van der Waals surface area contributed by atoms with E-state index in [4.69, 9.17) is 28.4 Å². The minimum atomic E-state index is -1.98. The topological polar surface area (TPSA) is 307 Å². The Kier molecular flexibility index (Phi) is 55.5. The molecular formula is C79H147NO18. The van der Waals surface area contributed by atoms with Crippen molar-refractivity contribution in [1.29, 1.82) is 0 Å². The van der Waals surface area contributed by atoms with Gasteiger partial charge in [0.25, 0.3) is 0 Å². The van der Waals surface area contributed by atoms with Crippen LogP contribution in [0.25, 0.3) is 0 Å². The van der Waals surface area contributed by atoms with Crippen LogP contribution in [0.4, 0.5) is 0 Å². The first kappa shape index (κ1) is 90.2. The Bertz CT molecular complexity index is 1910. The smallest absolute Gasteiger partial charge is 0.220 e. The SMILES string of the molecule is CCCCCCCCCC/C=C\CCCCCCCCCCCCCCCCCCCCCCCCCC(=O)NC(COC1OC(CO)C(OC2OC(CO)C(OC3OC(CO)C(O)C(O)C3O)C(O)C2O)C(O)C1O)C(O)/C=C/CC/C=C/CCCCCCCCCCCCCC. The number of nitrogens with one attached hydrogen (secondary N) is 1. The van der Waals surface area contributed by atoms with E-state index in [0.717, 1.165) is 38.5 Å². The summed E-state index contributed by atoms with van der Waals surface area (Å²) >= 11 is 0. The summed E-state index contributed by atoms with van der Waals surface area (Å²) in [6, 6.07) is -0.989. The number of rotatable bonds is 64. The number of aliphatic hydroxyl groups excluding tert-OH is 11. The average molecular weight is 1400 g/mol. The molecule has 19 nitrogen and oxygen atoms in total. The van der Waals surface area contributed by atoms with Crippen LogP contribution in [0.2, 0.25) is 0 Å². The lowest BCUT2D eigenvalue weighted by molar-refractivity contribution is -0.379. The van der Waals surface area contributed by atoms with E-state index in [1.54, 1.807) is 6.08 Å². The molecule has 1 amide bonds. The normalized spacial score (nSPS) is 26.9. The third kappa shape index (κ3) is 40.3. The highest BCUT2D eigenvalue weighted by atomic mass is 16.8. The number of allylic oxidation sites excluding steroid dienone is 5. The number of hydrogen-bond acceptors (Lipinski definition) is 18. The number of amides is 1. The van der Waals surface area contributed by atoms with Gasteiger partial charge in [0.05, 0.1) is 38.6 Å². The summed E-state index contributed by atoms with van der Waals surface area (Å²) in [6.07, 6.45) is 47.3. The summed E-state index contributed by atoms with van der Waals surface area (Å²) in [5.41, 5.74) is 0. The number of carbonyl (C=O) groups excluding carboxylic acids is 1. The van der Waals surface area contributed by atoms with E-state index in [0.29, 0.717) is 12.8 Å². The third-order valence-corrected chi connectivity index (χ3v) is 20.2. The Hall–Kier alpha value is -1.99. The largest absolute Gasteiger partial charge is 0.394 e. The van der Waals surface area contributed by atoms with Gasteiger partial charge in [0.15, 0.2) is 18.9 Å². The Labute approximate surface area is 593 Å². The summed E-state index contributed by atoms with van der Waals surface area (Å²) in [5.74, 6) is -0.279. The zero-order valence-corrected chi connectivity index (χ0v) is 61.5. The highest BCUT2D eigenvalue weighted by molar-refractivity contribution is 5.76. The van der Waals surface area contributed by atoms with Gasteiger partial charge in [-0.25, -0.2) is 0 Å². The molecule has 3 aliphatic heterocycles. The molecule has 3 rings (SSSR count). The molecule has 0 radical (unpaired) electrons. The molecule has 19 heteroatoms. The lowest BCUT2D eigenvalue weighted by atomic mass is 9.96. The van der Waals surface area contributed by atoms with Crippen molar-refractivity contribution >= 4 is 5.91 Å². The van der Waals surface area contributed by atoms with Gasteiger partial charge in [-0.05, 0) is 57.8 Å². The highest BCUT2D eigenvalue weighted by Crippen LogP contribution is 2.33. The zero-order chi connectivity index (χ0) is 71.1. The molecule has 0 aromatic carbocycles. The quantitative estimate of drug-likeness (QED) is 0.0199. The van der Waals surface area contributed by atoms with Crippen molar-refractivity contribution in [1.82, 2.24) is 5.32 Å². The van der Waals surface area contributed by atoms with Crippen molar-refractivity contribution in [2.24, 2.45) is 0 Å². The monoisotopic (exact) mass is 1400 g/mol. The van der Waals surface area contributed by atoms with Gasteiger partial charge in [0.1, 0.15) is 73.2 Å². The zero-order valence-electron chi connectivity index (χ0n) is 61.5. The standard InChI is InChI=1S/C79H147NO18/c1-3-5-7-9-11-13-15-17-19-21-23-24-25-26-27-28-29-30-31-32-33-34-35-36-37-38-39-41-43-45-47-49-51-53-55-57-67(85)80-62(63(84)56-54-52-50-48-46-44-42-40-22-20-18-16-14-12-10-8-6-4-2)61-93-77-73(91)70(88)75(65(59-82)95-77)98-79-74(92)71(89)76(66(60-83)96-79)97-78-72(90)69(87)68(86)64(58-81)94-78/h21,23,46,48,54,56,62-66,68-79,81-84,86-92H,3-20,22,24-45,47,49-53,55,57-61H2,1-2H3,(H,80,85)/b23-21-,48-46+,56-54+. The second-order valence-corrected chi connectivity index (χ2v) is 28.9. The Morgan fingerprint density at radius 3 is 1.02 bits per heavy atom. The number of hydrogen-bond donors (Lipinski definition) is 12. The molecule has 12 N–H and O–H groups in total. The van der Waals surface area contributed by atoms with Gasteiger partial charge < -0.3 is 89.9 Å². The number of carbonyl (C=O) groups is 1. The molecule has 0 aromatic rings. The van der Waals surface area contributed by atoms with Crippen LogP contribution in [0.1, 0.15) is 328 Å². The molecule has 98 heavy (non-hydrogen) atoms. The van der Waals surface area contributed by atoms with Crippen LogP contribution < -0.4 is 5.32 Å². The fourth-order valence-corrected chi connectivity index (χ4v) is 13.7. The molecule has 3 fully saturated rings. The Morgan fingerprint density at radius 1 is 0.357 bits per heavy atom. The van der Waals surface area contributed by atoms with Gasteiger partial charge in [0.2, 0.25) is 5.91 Å². The molecule has 17 atom stereocenters. The second-order valence-electron chi connectivity index (χ2n) is 28.9. The molecular weight excluding hydrogens is 1250 g/mol. The first-order valence-corrected chi connectivity index (χ1v) is 40.2. The van der Waals surface area contributed by atoms with Crippen molar-refractivity contribution in [3.05, 3.63) is 36.5 Å². The summed E-state index contributed by atoms with van der Waals surface area (Å²) in [6.45, 7) is 1.76. The molecule has 3 heterocycles. The van der Waals surface area contributed by atoms with Crippen LogP contribution in [0.5, 0.6) is 0 Å². The minimum absolute atomic E-state index is 0.240. The third-order valence-electron chi connectivity index (χ3n) is 20.2. The molecule has 0 aromatic heterocycles.